The minimum Gasteiger partial charge on any atom is -0.459 e. The molecule has 0 N–H and O–H groups in total. The number of hydrogen-bond acceptors (Lipinski definition) is 4. The van der Waals surface area contributed by atoms with E-state index in [-0.39, 0.29) is 5.89 Å². The smallest absolute Gasteiger partial charge is 0.394 e. The summed E-state index contributed by atoms with van der Waals surface area (Å²) in [5.74, 6) is -0.525. The molecule has 0 unspecified atom stereocenters. The fourth-order valence-electron chi connectivity index (χ4n) is 1.33. The van der Waals surface area contributed by atoms with Crippen molar-refractivity contribution in [2.45, 2.75) is 12.3 Å². The Morgan fingerprint density at radius 1 is 1.56 bits per heavy atom. The summed E-state index contributed by atoms with van der Waals surface area (Å²) in [6.07, 6.45) is 0. The predicted octanol–water partition coefficient (Wildman–Crippen LogP) is 2.90. The van der Waals surface area contributed by atoms with Gasteiger partial charge < -0.3 is 9.15 Å². The first kappa shape index (κ1) is 11.1. The summed E-state index contributed by atoms with van der Waals surface area (Å²) < 4.78 is 10.1. The van der Waals surface area contributed by atoms with Crippen LogP contribution in [0.25, 0.3) is 11.1 Å². The average Bonchev–Trinajstić information content (AvgIpc) is 2.71. The normalized spacial score (nSPS) is 10.6. The van der Waals surface area contributed by atoms with Crippen molar-refractivity contribution >= 4 is 33.0 Å². The Labute approximate surface area is 101 Å². The molecule has 0 aliphatic heterocycles. The van der Waals surface area contributed by atoms with Crippen molar-refractivity contribution in [2.24, 2.45) is 0 Å². The molecule has 0 fully saturated rings. The molecule has 1 heterocycles. The van der Waals surface area contributed by atoms with Gasteiger partial charge in [-0.15, -0.1) is 0 Å². The average molecular weight is 284 g/mol. The minimum atomic E-state index is -0.529. The van der Waals surface area contributed by atoms with Gasteiger partial charge in [0.25, 0.3) is 0 Å². The van der Waals surface area contributed by atoms with E-state index in [4.69, 9.17) is 9.15 Å². The number of carbonyl (C=O) groups is 1. The summed E-state index contributed by atoms with van der Waals surface area (Å²) in [5, 5.41) is 0.735. The third kappa shape index (κ3) is 2.09. The molecule has 0 bridgehead atoms. The van der Waals surface area contributed by atoms with Crippen LogP contribution in [0.15, 0.2) is 22.6 Å². The maximum absolute atomic E-state index is 11.4. The quantitative estimate of drug-likeness (QED) is 0.642. The molecule has 0 saturated carbocycles. The van der Waals surface area contributed by atoms with Gasteiger partial charge in [0.2, 0.25) is 0 Å². The molecule has 0 aliphatic rings. The maximum Gasteiger partial charge on any atom is 0.394 e. The van der Waals surface area contributed by atoms with Crippen molar-refractivity contribution in [3.8, 4) is 0 Å². The second kappa shape index (κ2) is 4.65. The molecular weight excluding hydrogens is 274 g/mol. The van der Waals surface area contributed by atoms with Gasteiger partial charge in [-0.3, -0.25) is 0 Å². The molecule has 0 atom stereocenters. The monoisotopic (exact) mass is 283 g/mol. The van der Waals surface area contributed by atoms with Gasteiger partial charge in [-0.05, 0) is 24.6 Å². The van der Waals surface area contributed by atoms with E-state index in [0.717, 1.165) is 10.9 Å². The number of esters is 1. The van der Waals surface area contributed by atoms with Gasteiger partial charge in [-0.25, -0.2) is 9.78 Å². The van der Waals surface area contributed by atoms with Crippen LogP contribution in [0.3, 0.4) is 0 Å². The van der Waals surface area contributed by atoms with Crippen LogP contribution in [-0.2, 0) is 10.1 Å². The summed E-state index contributed by atoms with van der Waals surface area (Å²) in [7, 11) is 0. The second-order valence-corrected chi connectivity index (χ2v) is 3.74. The molecule has 0 amide bonds. The van der Waals surface area contributed by atoms with E-state index < -0.39 is 5.97 Å². The van der Waals surface area contributed by atoms with Gasteiger partial charge >= 0.3 is 11.9 Å². The van der Waals surface area contributed by atoms with Crippen LogP contribution in [0, 0.1) is 0 Å². The van der Waals surface area contributed by atoms with Crippen LogP contribution < -0.4 is 0 Å². The number of rotatable bonds is 3. The highest BCUT2D eigenvalue weighted by molar-refractivity contribution is 9.08. The first-order chi connectivity index (χ1) is 7.74. The number of nitrogens with zero attached hydrogens (tertiary/aromatic N) is 1. The summed E-state index contributed by atoms with van der Waals surface area (Å²) >= 11 is 3.35. The van der Waals surface area contributed by atoms with Crippen molar-refractivity contribution in [2.75, 3.05) is 6.61 Å². The zero-order valence-corrected chi connectivity index (χ0v) is 10.3. The maximum atomic E-state index is 11.4. The van der Waals surface area contributed by atoms with Crippen molar-refractivity contribution in [3.05, 3.63) is 29.7 Å². The van der Waals surface area contributed by atoms with Crippen molar-refractivity contribution in [1.82, 2.24) is 4.98 Å². The SMILES string of the molecule is CCOC(=O)c1nc2ccc(CBr)cc2o1. The predicted molar refractivity (Wildman–Crippen MR) is 62.6 cm³/mol. The molecule has 2 rings (SSSR count). The van der Waals surface area contributed by atoms with Crippen molar-refractivity contribution in [3.63, 3.8) is 0 Å². The molecule has 0 radical (unpaired) electrons. The van der Waals surface area contributed by atoms with E-state index in [1.54, 1.807) is 6.92 Å². The van der Waals surface area contributed by atoms with Gasteiger partial charge in [0.1, 0.15) is 5.52 Å². The highest BCUT2D eigenvalue weighted by atomic mass is 79.9. The number of aromatic nitrogens is 1. The van der Waals surface area contributed by atoms with Crippen LogP contribution in [0.1, 0.15) is 23.2 Å². The molecule has 84 valence electrons. The fraction of sp³-hybridized carbons (Fsp3) is 0.273. The Morgan fingerprint density at radius 2 is 2.38 bits per heavy atom. The summed E-state index contributed by atoms with van der Waals surface area (Å²) in [6.45, 7) is 2.05. The number of fused-ring (bicyclic) bond motifs is 1. The molecule has 4 nitrogen and oxygen atoms in total. The lowest BCUT2D eigenvalue weighted by molar-refractivity contribution is 0.0483. The number of benzene rings is 1. The number of ether oxygens (including phenoxy) is 1. The highest BCUT2D eigenvalue weighted by Gasteiger charge is 2.15. The number of hydrogen-bond donors (Lipinski definition) is 0. The van der Waals surface area contributed by atoms with Crippen LogP contribution >= 0.6 is 15.9 Å². The molecule has 1 aromatic heterocycles. The number of alkyl halides is 1. The van der Waals surface area contributed by atoms with E-state index in [1.165, 1.54) is 0 Å². The first-order valence-electron chi connectivity index (χ1n) is 4.87. The van der Waals surface area contributed by atoms with Crippen molar-refractivity contribution in [1.29, 1.82) is 0 Å². The lowest BCUT2D eigenvalue weighted by atomic mass is 10.2. The molecule has 0 spiro atoms. The molecule has 0 aliphatic carbocycles. The van der Waals surface area contributed by atoms with Crippen LogP contribution in [0.4, 0.5) is 0 Å². The van der Waals surface area contributed by atoms with Gasteiger partial charge in [0, 0.05) is 5.33 Å². The van der Waals surface area contributed by atoms with Crippen LogP contribution in [-0.4, -0.2) is 17.6 Å². The Morgan fingerprint density at radius 3 is 3.06 bits per heavy atom. The topological polar surface area (TPSA) is 52.3 Å². The van der Waals surface area contributed by atoms with Crippen molar-refractivity contribution < 1.29 is 13.9 Å². The Hall–Kier alpha value is -1.36. The Kier molecular flexibility index (Phi) is 3.24. The number of carbonyl (C=O) groups excluding carboxylic acids is 1. The standard InChI is InChI=1S/C11H10BrNO3/c1-2-15-11(14)10-13-8-4-3-7(6-12)5-9(8)16-10/h3-5H,2,6H2,1H3. The second-order valence-electron chi connectivity index (χ2n) is 3.18. The van der Waals surface area contributed by atoms with Gasteiger partial charge in [0.05, 0.1) is 6.61 Å². The Bertz CT molecular complexity index is 521. The molecule has 2 aromatic rings. The van der Waals surface area contributed by atoms with Crippen LogP contribution in [0.2, 0.25) is 0 Å². The highest BCUT2D eigenvalue weighted by Crippen LogP contribution is 2.19. The summed E-state index contributed by atoms with van der Waals surface area (Å²) in [5.41, 5.74) is 2.33. The fourth-order valence-corrected chi connectivity index (χ4v) is 1.68. The molecule has 16 heavy (non-hydrogen) atoms. The number of oxazole rings is 1. The lowest BCUT2D eigenvalue weighted by Crippen LogP contribution is -2.04. The van der Waals surface area contributed by atoms with E-state index in [0.29, 0.717) is 17.7 Å². The van der Waals surface area contributed by atoms with Crippen LogP contribution in [0.5, 0.6) is 0 Å². The van der Waals surface area contributed by atoms with Gasteiger partial charge in [-0.1, -0.05) is 22.0 Å². The molecule has 1 aromatic carbocycles. The molecular formula is C11H10BrNO3. The third-order valence-corrected chi connectivity index (χ3v) is 2.70. The largest absolute Gasteiger partial charge is 0.459 e. The summed E-state index contributed by atoms with van der Waals surface area (Å²) in [6, 6.07) is 5.59. The van der Waals surface area contributed by atoms with Gasteiger partial charge in [-0.2, -0.15) is 0 Å². The minimum absolute atomic E-state index is 0.00331. The van der Waals surface area contributed by atoms with E-state index in [2.05, 4.69) is 20.9 Å². The lowest BCUT2D eigenvalue weighted by Gasteiger charge is -1.94. The van der Waals surface area contributed by atoms with E-state index in [9.17, 15) is 4.79 Å². The summed E-state index contributed by atoms with van der Waals surface area (Å²) in [4.78, 5) is 15.4. The Balaban J connectivity index is 2.39. The number of halogens is 1. The van der Waals surface area contributed by atoms with E-state index >= 15 is 0 Å². The zero-order chi connectivity index (χ0) is 11.5. The third-order valence-electron chi connectivity index (χ3n) is 2.06. The van der Waals surface area contributed by atoms with Gasteiger partial charge in [0.15, 0.2) is 5.58 Å². The molecule has 0 saturated heterocycles. The molecule has 5 heteroatoms. The first-order valence-corrected chi connectivity index (χ1v) is 5.99. The van der Waals surface area contributed by atoms with E-state index in [1.807, 2.05) is 18.2 Å². The zero-order valence-electron chi connectivity index (χ0n) is 8.70.